The number of carbonyl (C=O) groups excluding carboxylic acids is 1. The van der Waals surface area contributed by atoms with Crippen molar-refractivity contribution in [3.05, 3.63) is 0 Å². The maximum Gasteiger partial charge on any atom is 0.336 e. The molecule has 0 aliphatic heterocycles. The number of aliphatic carboxylic acids is 2. The maximum atomic E-state index is 11.6. The van der Waals surface area contributed by atoms with Crippen LogP contribution in [-0.4, -0.2) is 45.4 Å². The van der Waals surface area contributed by atoms with Gasteiger partial charge in [0.15, 0.2) is 5.60 Å². The average Bonchev–Trinajstić information content (AvgIpc) is 2.61. The minimum absolute atomic E-state index is 0.152. The first-order chi connectivity index (χ1) is 13.3. The molecule has 0 spiro atoms. The molecular weight excluding hydrogens is 364 g/mol. The first-order valence-electron chi connectivity index (χ1n) is 10.6. The minimum atomic E-state index is -2.63. The molecule has 3 N–H and O–H groups in total. The van der Waals surface area contributed by atoms with E-state index < -0.39 is 36.4 Å². The molecule has 0 aromatic heterocycles. The van der Waals surface area contributed by atoms with Crippen LogP contribution in [0, 0.1) is 0 Å². The summed E-state index contributed by atoms with van der Waals surface area (Å²) in [5.41, 5.74) is -2.63. The summed E-state index contributed by atoms with van der Waals surface area (Å²) in [6, 6.07) is 0. The molecule has 0 fully saturated rings. The van der Waals surface area contributed by atoms with Crippen LogP contribution in [0.15, 0.2) is 0 Å². The fourth-order valence-electron chi connectivity index (χ4n) is 3.06. The highest BCUT2D eigenvalue weighted by molar-refractivity contribution is 5.88. The second-order valence-corrected chi connectivity index (χ2v) is 7.55. The Morgan fingerprint density at radius 2 is 1.14 bits per heavy atom. The molecule has 7 nitrogen and oxygen atoms in total. The zero-order valence-electron chi connectivity index (χ0n) is 17.3. The van der Waals surface area contributed by atoms with Gasteiger partial charge in [-0.25, -0.2) is 4.79 Å². The highest BCUT2D eigenvalue weighted by Gasteiger charge is 2.41. The first-order valence-corrected chi connectivity index (χ1v) is 10.6. The highest BCUT2D eigenvalue weighted by Crippen LogP contribution is 2.17. The van der Waals surface area contributed by atoms with Gasteiger partial charge < -0.3 is 20.1 Å². The van der Waals surface area contributed by atoms with Gasteiger partial charge in [0.1, 0.15) is 0 Å². The van der Waals surface area contributed by atoms with Crippen molar-refractivity contribution in [3.8, 4) is 0 Å². The largest absolute Gasteiger partial charge is 0.481 e. The van der Waals surface area contributed by atoms with Gasteiger partial charge in [-0.15, -0.1) is 0 Å². The van der Waals surface area contributed by atoms with E-state index >= 15 is 0 Å². The number of hydrogen-bond donors (Lipinski definition) is 3. The lowest BCUT2D eigenvalue weighted by molar-refractivity contribution is -0.172. The lowest BCUT2D eigenvalue weighted by Gasteiger charge is -2.20. The van der Waals surface area contributed by atoms with Crippen molar-refractivity contribution in [2.24, 2.45) is 0 Å². The number of esters is 1. The summed E-state index contributed by atoms with van der Waals surface area (Å²) < 4.78 is 4.91. The number of carbonyl (C=O) groups is 3. The Bertz CT molecular complexity index is 450. The molecule has 7 heteroatoms. The zero-order valence-corrected chi connectivity index (χ0v) is 17.3. The lowest BCUT2D eigenvalue weighted by Crippen LogP contribution is -2.43. The Morgan fingerprint density at radius 3 is 1.54 bits per heavy atom. The van der Waals surface area contributed by atoms with Crippen LogP contribution in [0.1, 0.15) is 103 Å². The fourth-order valence-corrected chi connectivity index (χ4v) is 3.06. The number of carboxylic acids is 2. The van der Waals surface area contributed by atoms with Crippen LogP contribution in [0.5, 0.6) is 0 Å². The van der Waals surface area contributed by atoms with Gasteiger partial charge in [-0.05, 0) is 6.42 Å². The van der Waals surface area contributed by atoms with E-state index in [-0.39, 0.29) is 6.61 Å². The van der Waals surface area contributed by atoms with Crippen LogP contribution in [0.25, 0.3) is 0 Å². The van der Waals surface area contributed by atoms with Gasteiger partial charge in [0.05, 0.1) is 19.4 Å². The van der Waals surface area contributed by atoms with Crippen molar-refractivity contribution < 1.29 is 34.4 Å². The van der Waals surface area contributed by atoms with E-state index in [1.165, 1.54) is 57.8 Å². The van der Waals surface area contributed by atoms with Crippen LogP contribution in [-0.2, 0) is 19.1 Å². The third-order valence-corrected chi connectivity index (χ3v) is 4.79. The molecule has 0 bridgehead atoms. The van der Waals surface area contributed by atoms with Crippen LogP contribution >= 0.6 is 0 Å². The third kappa shape index (κ3) is 14.4. The Kier molecular flexibility index (Phi) is 15.4. The molecule has 0 radical (unpaired) electrons. The van der Waals surface area contributed by atoms with Crippen LogP contribution in [0.3, 0.4) is 0 Å². The third-order valence-electron chi connectivity index (χ3n) is 4.79. The summed E-state index contributed by atoms with van der Waals surface area (Å²) in [4.78, 5) is 33.2. The topological polar surface area (TPSA) is 121 Å². The van der Waals surface area contributed by atoms with Crippen LogP contribution in [0.2, 0.25) is 0 Å². The van der Waals surface area contributed by atoms with E-state index in [0.29, 0.717) is 6.42 Å². The van der Waals surface area contributed by atoms with E-state index in [4.69, 9.17) is 14.9 Å². The molecule has 0 saturated heterocycles. The van der Waals surface area contributed by atoms with Gasteiger partial charge in [-0.1, -0.05) is 84.0 Å². The van der Waals surface area contributed by atoms with Crippen LogP contribution < -0.4 is 0 Å². The molecule has 0 aromatic carbocycles. The van der Waals surface area contributed by atoms with Crippen molar-refractivity contribution in [1.29, 1.82) is 0 Å². The van der Waals surface area contributed by atoms with Gasteiger partial charge in [-0.3, -0.25) is 9.59 Å². The smallest absolute Gasteiger partial charge is 0.336 e. The van der Waals surface area contributed by atoms with Gasteiger partial charge in [-0.2, -0.15) is 0 Å². The number of unbranched alkanes of at least 4 members (excludes halogenated alkanes) is 12. The van der Waals surface area contributed by atoms with Crippen molar-refractivity contribution in [2.45, 2.75) is 109 Å². The molecule has 0 amide bonds. The quantitative estimate of drug-likeness (QED) is 0.217. The van der Waals surface area contributed by atoms with E-state index in [0.717, 1.165) is 19.3 Å². The summed E-state index contributed by atoms with van der Waals surface area (Å²) >= 11 is 0. The van der Waals surface area contributed by atoms with Crippen molar-refractivity contribution >= 4 is 17.9 Å². The SMILES string of the molecule is CCCCCCCCCCCCCCCOC(=O)CC(O)(CC(=O)O)C(=O)O. The second-order valence-electron chi connectivity index (χ2n) is 7.55. The Hall–Kier alpha value is -1.63. The Labute approximate surface area is 168 Å². The second kappa shape index (κ2) is 16.3. The number of hydrogen-bond acceptors (Lipinski definition) is 5. The minimum Gasteiger partial charge on any atom is -0.481 e. The molecule has 28 heavy (non-hydrogen) atoms. The number of rotatable bonds is 19. The van der Waals surface area contributed by atoms with Crippen molar-refractivity contribution in [3.63, 3.8) is 0 Å². The standard InChI is InChI=1S/C21H38O7/c1-2-3-4-5-6-7-8-9-10-11-12-13-14-15-28-19(24)17-21(27,20(25)26)16-18(22)23/h27H,2-17H2,1H3,(H,22,23)(H,25,26). The zero-order chi connectivity index (χ0) is 21.3. The molecule has 0 saturated carbocycles. The average molecular weight is 403 g/mol. The molecule has 0 aliphatic rings. The van der Waals surface area contributed by atoms with Gasteiger partial charge in [0, 0.05) is 0 Å². The van der Waals surface area contributed by atoms with Gasteiger partial charge in [0.25, 0.3) is 0 Å². The lowest BCUT2D eigenvalue weighted by atomic mass is 9.96. The molecule has 0 aromatic rings. The molecule has 0 heterocycles. The van der Waals surface area contributed by atoms with E-state index in [1.54, 1.807) is 0 Å². The summed E-state index contributed by atoms with van der Waals surface area (Å²) in [6.07, 6.45) is 13.7. The predicted octanol–water partition coefficient (Wildman–Crippen LogP) is 4.30. The van der Waals surface area contributed by atoms with Crippen molar-refractivity contribution in [2.75, 3.05) is 6.61 Å². The maximum absolute atomic E-state index is 11.6. The van der Waals surface area contributed by atoms with E-state index in [1.807, 2.05) is 0 Å². The predicted molar refractivity (Wildman–Crippen MR) is 106 cm³/mol. The number of aliphatic hydroxyl groups is 1. The normalized spacial score (nSPS) is 13.1. The fraction of sp³-hybridized carbons (Fsp3) is 0.857. The molecular formula is C21H38O7. The van der Waals surface area contributed by atoms with E-state index in [2.05, 4.69) is 6.92 Å². The molecule has 0 aliphatic carbocycles. The first kappa shape index (κ1) is 26.4. The molecule has 0 rings (SSSR count). The van der Waals surface area contributed by atoms with Crippen LogP contribution in [0.4, 0.5) is 0 Å². The summed E-state index contributed by atoms with van der Waals surface area (Å²) in [6.45, 7) is 2.38. The summed E-state index contributed by atoms with van der Waals surface area (Å²) in [7, 11) is 0. The monoisotopic (exact) mass is 402 g/mol. The van der Waals surface area contributed by atoms with Gasteiger partial charge in [0.2, 0.25) is 0 Å². The molecule has 164 valence electrons. The van der Waals surface area contributed by atoms with Gasteiger partial charge >= 0.3 is 17.9 Å². The summed E-state index contributed by atoms with van der Waals surface area (Å²) in [5, 5.41) is 27.3. The molecule has 1 unspecified atom stereocenters. The van der Waals surface area contributed by atoms with E-state index in [9.17, 15) is 19.5 Å². The Balaban J connectivity index is 3.59. The number of carboxylic acid groups (broad SMARTS) is 2. The molecule has 1 atom stereocenters. The number of ether oxygens (including phenoxy) is 1. The highest BCUT2D eigenvalue weighted by atomic mass is 16.5. The Morgan fingerprint density at radius 1 is 0.714 bits per heavy atom. The van der Waals surface area contributed by atoms with Crippen molar-refractivity contribution in [1.82, 2.24) is 0 Å². The summed E-state index contributed by atoms with van der Waals surface area (Å²) in [5.74, 6) is -4.13.